The van der Waals surface area contributed by atoms with Crippen molar-refractivity contribution < 1.29 is 5.11 Å². The lowest BCUT2D eigenvalue weighted by molar-refractivity contribution is 0.171. The average Bonchev–Trinajstić information content (AvgIpc) is 1.35. The summed E-state index contributed by atoms with van der Waals surface area (Å²) in [6.07, 6.45) is 1.06. The Morgan fingerprint density at radius 1 is 1.83 bits per heavy atom. The van der Waals surface area contributed by atoms with Gasteiger partial charge in [-0.2, -0.15) is 0 Å². The van der Waals surface area contributed by atoms with Crippen molar-refractivity contribution in [1.29, 1.82) is 0 Å². The van der Waals surface area contributed by atoms with Crippen molar-refractivity contribution in [1.82, 2.24) is 0 Å². The Morgan fingerprint density at radius 2 is 2.33 bits per heavy atom. The molecular weight excluding hydrogens is 78.0 g/mol. The Labute approximate surface area is 38.0 Å². The molecule has 0 rings (SSSR count). The second kappa shape index (κ2) is 3.12. The van der Waals surface area contributed by atoms with Gasteiger partial charge in [-0.15, -0.1) is 0 Å². The minimum atomic E-state index is -0.602. The van der Waals surface area contributed by atoms with E-state index in [-0.39, 0.29) is 0 Å². The van der Waals surface area contributed by atoms with E-state index in [1.54, 1.807) is 0 Å². The van der Waals surface area contributed by atoms with Crippen molar-refractivity contribution in [3.63, 3.8) is 0 Å². The van der Waals surface area contributed by atoms with Crippen molar-refractivity contribution in [3.8, 4) is 0 Å². The fourth-order valence-corrected chi connectivity index (χ4v) is 0.296. The summed E-state index contributed by atoms with van der Waals surface area (Å²) in [5, 5.41) is 8.33. The van der Waals surface area contributed by atoms with Crippen molar-refractivity contribution in [2.75, 3.05) is 0 Å². The third kappa shape index (κ3) is 3.92. The fraction of sp³-hybridized carbons (Fsp3) is 1.00. The Balaban J connectivity index is 2.63. The summed E-state index contributed by atoms with van der Waals surface area (Å²) >= 11 is 0. The summed E-state index contributed by atoms with van der Waals surface area (Å²) in [4.78, 5) is 0. The van der Waals surface area contributed by atoms with E-state index in [9.17, 15) is 0 Å². The predicted molar refractivity (Wildman–Crippen MR) is 25.1 cm³/mol. The molecule has 0 aromatic rings. The van der Waals surface area contributed by atoms with E-state index in [1.165, 1.54) is 0 Å². The lowest BCUT2D eigenvalue weighted by atomic mass is 10.3. The lowest BCUT2D eigenvalue weighted by Crippen LogP contribution is -2.17. The van der Waals surface area contributed by atoms with E-state index < -0.39 is 6.23 Å². The van der Waals surface area contributed by atoms with E-state index in [0.717, 1.165) is 6.42 Å². The van der Waals surface area contributed by atoms with E-state index in [1.807, 2.05) is 6.92 Å². The first-order valence-electron chi connectivity index (χ1n) is 2.21. The highest BCUT2D eigenvalue weighted by atomic mass is 16.3. The molecule has 0 radical (unpaired) electrons. The highest BCUT2D eigenvalue weighted by Gasteiger charge is 1.87. The Hall–Kier alpha value is -0.0800. The second-order valence-electron chi connectivity index (χ2n) is 1.36. The third-order valence-corrected chi connectivity index (χ3v) is 0.584. The van der Waals surface area contributed by atoms with Crippen LogP contribution in [0, 0.1) is 0 Å². The lowest BCUT2D eigenvalue weighted by Gasteiger charge is -1.96. The Kier molecular flexibility index (Phi) is 3.08. The van der Waals surface area contributed by atoms with Gasteiger partial charge in [-0.25, -0.2) is 0 Å². The monoisotopic (exact) mass is 89.1 g/mol. The number of hydrogen-bond donors (Lipinski definition) is 2. The van der Waals surface area contributed by atoms with E-state index in [4.69, 9.17) is 10.8 Å². The molecule has 0 unspecified atom stereocenters. The summed E-state index contributed by atoms with van der Waals surface area (Å²) in [6.45, 7) is 1.98. The van der Waals surface area contributed by atoms with Crippen LogP contribution in [-0.4, -0.2) is 11.3 Å². The third-order valence-electron chi connectivity index (χ3n) is 0.584. The van der Waals surface area contributed by atoms with Gasteiger partial charge in [-0.3, -0.25) is 0 Å². The minimum absolute atomic E-state index is 0.602. The van der Waals surface area contributed by atoms with Crippen LogP contribution in [0.1, 0.15) is 19.8 Å². The van der Waals surface area contributed by atoms with Crippen LogP contribution in [-0.2, 0) is 0 Å². The fourth-order valence-electron chi connectivity index (χ4n) is 0.296. The van der Waals surface area contributed by atoms with Gasteiger partial charge in [0.05, 0.1) is 0 Å². The zero-order chi connectivity index (χ0) is 4.99. The zero-order valence-electron chi connectivity index (χ0n) is 4.02. The molecule has 0 heterocycles. The Bertz CT molecular complexity index is 28.7. The van der Waals surface area contributed by atoms with Gasteiger partial charge in [-0.1, -0.05) is 13.3 Å². The highest BCUT2D eigenvalue weighted by Crippen LogP contribution is 1.85. The van der Waals surface area contributed by atoms with Crippen molar-refractivity contribution in [2.24, 2.45) is 5.73 Å². The number of aliphatic hydroxyl groups excluding tert-OH is 1. The van der Waals surface area contributed by atoms with Gasteiger partial charge in [0.25, 0.3) is 0 Å². The molecule has 6 heavy (non-hydrogen) atoms. The first-order valence-corrected chi connectivity index (χ1v) is 2.21. The summed E-state index contributed by atoms with van der Waals surface area (Å²) in [5.74, 6) is 0. The normalized spacial score (nSPS) is 14.5. The molecule has 3 N–H and O–H groups in total. The van der Waals surface area contributed by atoms with Crippen LogP contribution < -0.4 is 5.73 Å². The van der Waals surface area contributed by atoms with E-state index >= 15 is 0 Å². The minimum Gasteiger partial charge on any atom is -0.379 e. The maximum absolute atomic E-state index is 8.33. The molecule has 1 atom stereocenters. The molecule has 0 bridgehead atoms. The largest absolute Gasteiger partial charge is 0.379 e. The summed E-state index contributed by atoms with van der Waals surface area (Å²) in [5.41, 5.74) is 4.96. The molecule has 0 spiro atoms. The van der Waals surface area contributed by atoms with Crippen molar-refractivity contribution in [3.05, 3.63) is 0 Å². The van der Waals surface area contributed by atoms with Crippen LogP contribution in [0.3, 0.4) is 0 Å². The van der Waals surface area contributed by atoms with Gasteiger partial charge in [0.1, 0.15) is 6.23 Å². The van der Waals surface area contributed by atoms with E-state index in [2.05, 4.69) is 0 Å². The first kappa shape index (κ1) is 5.92. The molecular formula is C4H11NO. The van der Waals surface area contributed by atoms with Crippen LogP contribution in [0.2, 0.25) is 0 Å². The molecule has 0 aromatic carbocycles. The van der Waals surface area contributed by atoms with Gasteiger partial charge < -0.3 is 10.8 Å². The number of rotatable bonds is 2. The average molecular weight is 89.1 g/mol. The van der Waals surface area contributed by atoms with Crippen LogP contribution in [0.25, 0.3) is 0 Å². The van der Waals surface area contributed by atoms with Crippen LogP contribution in [0.5, 0.6) is 0 Å². The van der Waals surface area contributed by atoms with Gasteiger partial charge in [0.2, 0.25) is 0 Å². The quantitative estimate of drug-likeness (QED) is 0.470. The number of hydrogen-bond acceptors (Lipinski definition) is 2. The molecule has 0 aliphatic carbocycles. The molecule has 0 amide bonds. The molecule has 0 saturated carbocycles. The standard InChI is InChI=1S/C4H11NO/c1-2-3-4(5)6/h4,6H,2-3,5H2,1H3/t4-/m0/s1. The van der Waals surface area contributed by atoms with Gasteiger partial charge in [0, 0.05) is 0 Å². The molecule has 2 nitrogen and oxygen atoms in total. The SMILES string of the molecule is CCC[C@@H](N)O. The van der Waals surface area contributed by atoms with Gasteiger partial charge in [0.15, 0.2) is 0 Å². The molecule has 0 fully saturated rings. The summed E-state index contributed by atoms with van der Waals surface area (Å²) in [6, 6.07) is 0. The van der Waals surface area contributed by atoms with Crippen LogP contribution in [0.4, 0.5) is 0 Å². The first-order chi connectivity index (χ1) is 2.77. The molecule has 38 valence electrons. The zero-order valence-corrected chi connectivity index (χ0v) is 4.02. The van der Waals surface area contributed by atoms with Crippen LogP contribution in [0.15, 0.2) is 0 Å². The van der Waals surface area contributed by atoms with Gasteiger partial charge >= 0.3 is 0 Å². The van der Waals surface area contributed by atoms with Crippen LogP contribution >= 0.6 is 0 Å². The van der Waals surface area contributed by atoms with E-state index in [0.29, 0.717) is 6.42 Å². The smallest absolute Gasteiger partial charge is 0.102 e. The maximum Gasteiger partial charge on any atom is 0.102 e. The summed E-state index contributed by atoms with van der Waals surface area (Å²) in [7, 11) is 0. The summed E-state index contributed by atoms with van der Waals surface area (Å²) < 4.78 is 0. The predicted octanol–water partition coefficient (Wildman–Crippen LogP) is 0.0636. The topological polar surface area (TPSA) is 46.2 Å². The van der Waals surface area contributed by atoms with Crippen molar-refractivity contribution in [2.45, 2.75) is 26.0 Å². The number of nitrogens with two attached hydrogens (primary N) is 1. The molecule has 0 aromatic heterocycles. The number of aliphatic hydroxyl groups is 1. The Morgan fingerprint density at radius 3 is 2.33 bits per heavy atom. The molecule has 0 saturated heterocycles. The second-order valence-corrected chi connectivity index (χ2v) is 1.36. The molecule has 2 heteroatoms. The van der Waals surface area contributed by atoms with Crippen molar-refractivity contribution >= 4 is 0 Å². The molecule has 0 aliphatic heterocycles. The molecule has 0 aliphatic rings. The van der Waals surface area contributed by atoms with Gasteiger partial charge in [-0.05, 0) is 6.42 Å². The maximum atomic E-state index is 8.33. The highest BCUT2D eigenvalue weighted by molar-refractivity contribution is 4.38.